The third-order valence-electron chi connectivity index (χ3n) is 4.09. The molecule has 3 N–H and O–H groups in total. The highest BCUT2D eigenvalue weighted by Crippen LogP contribution is 2.47. The van der Waals surface area contributed by atoms with E-state index in [-0.39, 0.29) is 0 Å². The summed E-state index contributed by atoms with van der Waals surface area (Å²) in [6, 6.07) is 14.2. The standard InChI is InChI=1S/C18H21BrN4O2.C3H8.C2H4/c1-23(22-21-20-12-24)17-8-4-6-15(13-9-10-13)18(17)25-11-14-5-2-3-7-16(14)19;1-3-2;1-2/h2-8,12-13,21-22H,9-11H2,1H3,(H,20,24);3H2,1-2H3;1-2H2. The highest BCUT2D eigenvalue weighted by atomic mass is 79.9. The number of carbonyl (C=O) groups is 1. The molecule has 0 bridgehead atoms. The van der Waals surface area contributed by atoms with E-state index in [2.05, 4.69) is 65.5 Å². The van der Waals surface area contributed by atoms with Crippen LogP contribution in [0, 0.1) is 0 Å². The fourth-order valence-electron chi connectivity index (χ4n) is 2.65. The second kappa shape index (κ2) is 14.6. The Bertz CT molecular complexity index is 769. The van der Waals surface area contributed by atoms with Crippen molar-refractivity contribution in [1.82, 2.24) is 16.5 Å². The second-order valence-corrected chi connectivity index (χ2v) is 7.47. The van der Waals surface area contributed by atoms with Crippen LogP contribution >= 0.6 is 15.9 Å². The zero-order chi connectivity index (χ0) is 22.4. The van der Waals surface area contributed by atoms with Gasteiger partial charge in [-0.15, -0.1) is 13.2 Å². The van der Waals surface area contributed by atoms with Gasteiger partial charge in [0.05, 0.1) is 5.69 Å². The van der Waals surface area contributed by atoms with Crippen molar-refractivity contribution in [1.29, 1.82) is 0 Å². The number of nitrogens with one attached hydrogen (secondary N) is 3. The fraction of sp³-hybridized carbons (Fsp3) is 0.348. The predicted molar refractivity (Wildman–Crippen MR) is 128 cm³/mol. The van der Waals surface area contributed by atoms with Crippen LogP contribution in [-0.2, 0) is 11.4 Å². The summed E-state index contributed by atoms with van der Waals surface area (Å²) < 4.78 is 7.27. The number of ether oxygens (including phenoxy) is 1. The van der Waals surface area contributed by atoms with Crippen molar-refractivity contribution in [2.75, 3.05) is 12.1 Å². The second-order valence-electron chi connectivity index (χ2n) is 6.61. The van der Waals surface area contributed by atoms with Gasteiger partial charge < -0.3 is 4.74 Å². The summed E-state index contributed by atoms with van der Waals surface area (Å²) in [7, 11) is 1.86. The number of para-hydroxylation sites is 1. The van der Waals surface area contributed by atoms with Gasteiger partial charge in [0.1, 0.15) is 12.4 Å². The number of hydrogen-bond donors (Lipinski definition) is 3. The predicted octanol–water partition coefficient (Wildman–Crippen LogP) is 5.23. The average molecular weight is 477 g/mol. The molecule has 0 atom stereocenters. The molecule has 1 saturated carbocycles. The van der Waals surface area contributed by atoms with Gasteiger partial charge in [0.2, 0.25) is 6.41 Å². The van der Waals surface area contributed by atoms with E-state index in [1.807, 2.05) is 43.4 Å². The Morgan fingerprint density at radius 1 is 1.17 bits per heavy atom. The van der Waals surface area contributed by atoms with Crippen molar-refractivity contribution in [3.8, 4) is 5.75 Å². The molecule has 2 aromatic rings. The zero-order valence-electron chi connectivity index (χ0n) is 18.1. The Morgan fingerprint density at radius 3 is 2.43 bits per heavy atom. The average Bonchev–Trinajstić information content (AvgIpc) is 3.60. The molecule has 0 spiro atoms. The molecule has 1 fully saturated rings. The Kier molecular flexibility index (Phi) is 12.5. The molecule has 0 aromatic heterocycles. The maximum Gasteiger partial charge on any atom is 0.222 e. The van der Waals surface area contributed by atoms with E-state index in [0.717, 1.165) is 21.5 Å². The van der Waals surface area contributed by atoms with E-state index in [4.69, 9.17) is 4.74 Å². The van der Waals surface area contributed by atoms with Crippen LogP contribution in [0.2, 0.25) is 0 Å². The summed E-state index contributed by atoms with van der Waals surface area (Å²) in [5, 5.41) is 1.78. The highest BCUT2D eigenvalue weighted by Gasteiger charge is 2.28. The molecule has 0 unspecified atom stereocenters. The Labute approximate surface area is 188 Å². The molecule has 1 aliphatic rings. The topological polar surface area (TPSA) is 65.6 Å². The van der Waals surface area contributed by atoms with Crippen LogP contribution < -0.4 is 26.2 Å². The van der Waals surface area contributed by atoms with Crippen molar-refractivity contribution >= 4 is 28.0 Å². The van der Waals surface area contributed by atoms with Gasteiger partial charge in [-0.25, -0.2) is 0 Å². The van der Waals surface area contributed by atoms with Gasteiger partial charge in [0, 0.05) is 17.1 Å². The fourth-order valence-corrected chi connectivity index (χ4v) is 3.05. The minimum absolute atomic E-state index is 0.478. The number of hydrogen-bond acceptors (Lipinski definition) is 5. The third-order valence-corrected chi connectivity index (χ3v) is 4.86. The Balaban J connectivity index is 0.000000826. The van der Waals surface area contributed by atoms with Crippen molar-refractivity contribution in [3.05, 3.63) is 71.2 Å². The van der Waals surface area contributed by atoms with E-state index in [1.165, 1.54) is 24.8 Å². The zero-order valence-corrected chi connectivity index (χ0v) is 19.7. The first-order valence-electron chi connectivity index (χ1n) is 10.0. The van der Waals surface area contributed by atoms with Crippen LogP contribution in [0.15, 0.2) is 60.1 Å². The van der Waals surface area contributed by atoms with Crippen LogP contribution in [0.5, 0.6) is 5.75 Å². The molecule has 1 aliphatic carbocycles. The molecule has 3 rings (SSSR count). The molecule has 1 amide bonds. The van der Waals surface area contributed by atoms with E-state index >= 15 is 0 Å². The lowest BCUT2D eigenvalue weighted by atomic mass is 10.1. The van der Waals surface area contributed by atoms with E-state index in [9.17, 15) is 4.79 Å². The minimum atomic E-state index is 0.478. The molecule has 0 aliphatic heterocycles. The van der Waals surface area contributed by atoms with Gasteiger partial charge in [-0.2, -0.15) is 11.1 Å². The monoisotopic (exact) mass is 476 g/mol. The molecule has 0 radical (unpaired) electrons. The summed E-state index contributed by atoms with van der Waals surface area (Å²) >= 11 is 3.57. The first kappa shape index (κ1) is 25.7. The minimum Gasteiger partial charge on any atom is -0.486 e. The molecule has 6 nitrogen and oxygen atoms in total. The number of halogens is 1. The van der Waals surface area contributed by atoms with Crippen LogP contribution in [-0.4, -0.2) is 13.5 Å². The summed E-state index contributed by atoms with van der Waals surface area (Å²) in [4.78, 5) is 10.4. The SMILES string of the molecule is C=C.CCC.CN(NNNC=O)c1cccc(C2CC2)c1OCc1ccccc1Br. The third kappa shape index (κ3) is 8.18. The van der Waals surface area contributed by atoms with E-state index in [1.54, 1.807) is 5.01 Å². The van der Waals surface area contributed by atoms with Crippen molar-refractivity contribution in [2.45, 2.75) is 45.6 Å². The van der Waals surface area contributed by atoms with Gasteiger partial charge in [-0.05, 0) is 36.5 Å². The summed E-state index contributed by atoms with van der Waals surface area (Å²) in [5.41, 5.74) is 11.1. The van der Waals surface area contributed by atoms with Crippen molar-refractivity contribution < 1.29 is 9.53 Å². The molecule has 0 saturated heterocycles. The lowest BCUT2D eigenvalue weighted by Gasteiger charge is -2.25. The van der Waals surface area contributed by atoms with Gasteiger partial charge in [0.25, 0.3) is 0 Å². The van der Waals surface area contributed by atoms with Gasteiger partial charge in [-0.1, -0.05) is 66.5 Å². The summed E-state index contributed by atoms with van der Waals surface area (Å²) in [5.74, 6) is 1.42. The number of carbonyl (C=O) groups excluding carboxylic acids is 1. The number of rotatable bonds is 9. The van der Waals surface area contributed by atoms with Crippen molar-refractivity contribution in [3.63, 3.8) is 0 Å². The van der Waals surface area contributed by atoms with Crippen molar-refractivity contribution in [2.24, 2.45) is 0 Å². The number of nitrogens with zero attached hydrogens (tertiary/aromatic N) is 1. The maximum atomic E-state index is 10.4. The largest absolute Gasteiger partial charge is 0.486 e. The van der Waals surface area contributed by atoms with E-state index < -0.39 is 0 Å². The first-order chi connectivity index (χ1) is 14.6. The smallest absolute Gasteiger partial charge is 0.222 e. The Hall–Kier alpha value is -2.35. The molecular weight excluding hydrogens is 444 g/mol. The van der Waals surface area contributed by atoms with Gasteiger partial charge in [0.15, 0.2) is 0 Å². The summed E-state index contributed by atoms with van der Waals surface area (Å²) in [6.45, 7) is 10.7. The molecule has 2 aromatic carbocycles. The maximum absolute atomic E-state index is 10.4. The number of anilines is 1. The quantitative estimate of drug-likeness (QED) is 0.200. The van der Waals surface area contributed by atoms with Crippen LogP contribution in [0.25, 0.3) is 0 Å². The van der Waals surface area contributed by atoms with Gasteiger partial charge >= 0.3 is 0 Å². The van der Waals surface area contributed by atoms with E-state index in [0.29, 0.717) is 18.9 Å². The number of amides is 1. The molecule has 30 heavy (non-hydrogen) atoms. The molecule has 164 valence electrons. The number of benzene rings is 2. The van der Waals surface area contributed by atoms with Crippen LogP contribution in [0.1, 0.15) is 50.2 Å². The number of hydrazine groups is 3. The van der Waals surface area contributed by atoms with Crippen LogP contribution in [0.4, 0.5) is 5.69 Å². The molecule has 0 heterocycles. The molecular formula is C23H33BrN4O2. The first-order valence-corrected chi connectivity index (χ1v) is 10.8. The van der Waals surface area contributed by atoms with Crippen LogP contribution in [0.3, 0.4) is 0 Å². The molecule has 7 heteroatoms. The normalized spacial score (nSPS) is 11.9. The lowest BCUT2D eigenvalue weighted by molar-refractivity contribution is -0.110. The van der Waals surface area contributed by atoms with Gasteiger partial charge in [-0.3, -0.25) is 15.2 Å². The lowest BCUT2D eigenvalue weighted by Crippen LogP contribution is -2.51. The highest BCUT2D eigenvalue weighted by molar-refractivity contribution is 9.10. The Morgan fingerprint density at radius 2 is 1.83 bits per heavy atom. The summed E-state index contributed by atoms with van der Waals surface area (Å²) in [6.07, 6.45) is 4.19.